The van der Waals surface area contributed by atoms with Crippen LogP contribution in [0.5, 0.6) is 5.75 Å². The Labute approximate surface area is 142 Å². The molecule has 4 nitrogen and oxygen atoms in total. The lowest BCUT2D eigenvalue weighted by atomic mass is 9.89. The molecule has 1 amide bonds. The van der Waals surface area contributed by atoms with Crippen molar-refractivity contribution in [2.75, 3.05) is 0 Å². The summed E-state index contributed by atoms with van der Waals surface area (Å²) in [6.45, 7) is 3.97. The van der Waals surface area contributed by atoms with Gasteiger partial charge in [-0.2, -0.15) is 5.10 Å². The quantitative estimate of drug-likeness (QED) is 0.853. The van der Waals surface area contributed by atoms with E-state index in [0.717, 1.165) is 35.7 Å². The van der Waals surface area contributed by atoms with Crippen LogP contribution in [-0.2, 0) is 4.79 Å². The molecule has 0 spiro atoms. The van der Waals surface area contributed by atoms with Gasteiger partial charge in [0.1, 0.15) is 5.75 Å². The Balaban J connectivity index is 1.59. The first-order valence-corrected chi connectivity index (χ1v) is 8.62. The van der Waals surface area contributed by atoms with E-state index >= 15 is 0 Å². The first-order valence-electron chi connectivity index (χ1n) is 8.62. The summed E-state index contributed by atoms with van der Waals surface area (Å²) < 4.78 is 5.76. The summed E-state index contributed by atoms with van der Waals surface area (Å²) in [4.78, 5) is 12.2. The fraction of sp³-hybridized carbons (Fsp3) is 0.400. The van der Waals surface area contributed by atoms with E-state index in [1.165, 1.54) is 6.42 Å². The minimum Gasteiger partial charge on any atom is -0.481 e. The summed E-state index contributed by atoms with van der Waals surface area (Å²) in [5.41, 5.74) is 3.74. The molecule has 0 heterocycles. The van der Waals surface area contributed by atoms with Crippen LogP contribution in [-0.4, -0.2) is 17.7 Å². The molecule has 1 N–H and O–H groups in total. The number of rotatable bonds is 4. The maximum absolute atomic E-state index is 12.2. The molecule has 0 aromatic heterocycles. The van der Waals surface area contributed by atoms with Crippen molar-refractivity contribution in [3.8, 4) is 5.75 Å². The molecule has 1 fully saturated rings. The van der Waals surface area contributed by atoms with Crippen molar-refractivity contribution in [1.29, 1.82) is 0 Å². The Morgan fingerprint density at radius 2 is 2.04 bits per heavy atom. The lowest BCUT2D eigenvalue weighted by molar-refractivity contribution is -0.127. The number of ether oxygens (including phenoxy) is 1. The van der Waals surface area contributed by atoms with Gasteiger partial charge in [-0.15, -0.1) is 0 Å². The van der Waals surface area contributed by atoms with Gasteiger partial charge in [0.05, 0.1) is 0 Å². The number of nitrogens with zero attached hydrogens (tertiary/aromatic N) is 1. The van der Waals surface area contributed by atoms with Crippen molar-refractivity contribution >= 4 is 22.4 Å². The molecular weight excluding hydrogens is 300 g/mol. The number of hydrazone groups is 1. The monoisotopic (exact) mass is 324 g/mol. The molecule has 1 aliphatic carbocycles. The van der Waals surface area contributed by atoms with Gasteiger partial charge in [-0.1, -0.05) is 37.3 Å². The number of hydrogen-bond donors (Lipinski definition) is 1. The molecule has 1 saturated carbocycles. The number of benzene rings is 2. The first-order chi connectivity index (χ1) is 11.6. The Morgan fingerprint density at radius 3 is 2.83 bits per heavy atom. The second-order valence-corrected chi connectivity index (χ2v) is 6.62. The van der Waals surface area contributed by atoms with E-state index in [1.807, 2.05) is 36.4 Å². The highest BCUT2D eigenvalue weighted by Crippen LogP contribution is 2.22. The maximum Gasteiger partial charge on any atom is 0.280 e. The number of carbonyl (C=O) groups is 1. The summed E-state index contributed by atoms with van der Waals surface area (Å²) >= 11 is 0. The van der Waals surface area contributed by atoms with Gasteiger partial charge in [0.25, 0.3) is 5.91 Å². The third-order valence-electron chi connectivity index (χ3n) is 4.47. The van der Waals surface area contributed by atoms with Crippen LogP contribution in [0.1, 0.15) is 39.5 Å². The van der Waals surface area contributed by atoms with Gasteiger partial charge >= 0.3 is 0 Å². The second-order valence-electron chi connectivity index (χ2n) is 6.62. The average Bonchev–Trinajstić information content (AvgIpc) is 2.59. The highest BCUT2D eigenvalue weighted by Gasteiger charge is 2.17. The molecular formula is C20H24N2O2. The molecule has 2 aromatic rings. The van der Waals surface area contributed by atoms with Gasteiger partial charge in [0.2, 0.25) is 0 Å². The highest BCUT2D eigenvalue weighted by molar-refractivity contribution is 5.88. The molecule has 126 valence electrons. The molecule has 0 unspecified atom stereocenters. The molecule has 3 rings (SSSR count). The largest absolute Gasteiger partial charge is 0.481 e. The molecule has 24 heavy (non-hydrogen) atoms. The van der Waals surface area contributed by atoms with Crippen molar-refractivity contribution in [3.63, 3.8) is 0 Å². The Hall–Kier alpha value is -2.36. The van der Waals surface area contributed by atoms with E-state index in [1.54, 1.807) is 6.92 Å². The molecule has 0 aliphatic heterocycles. The van der Waals surface area contributed by atoms with Crippen molar-refractivity contribution in [2.45, 2.75) is 45.6 Å². The third kappa shape index (κ3) is 4.13. The molecule has 0 radical (unpaired) electrons. The zero-order valence-corrected chi connectivity index (χ0v) is 14.3. The summed E-state index contributed by atoms with van der Waals surface area (Å²) in [7, 11) is 0. The van der Waals surface area contributed by atoms with E-state index in [-0.39, 0.29) is 5.91 Å². The standard InChI is InChI=1S/C20H24N2O2/c1-14-6-5-9-18(12-14)21-22-20(23)15(2)24-19-11-10-16-7-3-4-8-17(16)13-19/h3-4,7-8,10-11,13-15H,5-6,9,12H2,1-2H3,(H,22,23)/b21-18-/t14-,15-/m0/s1. The van der Waals surface area contributed by atoms with Gasteiger partial charge in [-0.3, -0.25) is 4.79 Å². The number of fused-ring (bicyclic) bond motifs is 1. The Bertz CT molecular complexity index is 754. The average molecular weight is 324 g/mol. The van der Waals surface area contributed by atoms with E-state index < -0.39 is 6.10 Å². The molecule has 1 aliphatic rings. The highest BCUT2D eigenvalue weighted by atomic mass is 16.5. The topological polar surface area (TPSA) is 50.7 Å². The normalized spacial score (nSPS) is 20.8. The van der Waals surface area contributed by atoms with Crippen LogP contribution in [0.4, 0.5) is 0 Å². The second kappa shape index (κ2) is 7.47. The number of carbonyl (C=O) groups excluding carboxylic acids is 1. The Morgan fingerprint density at radius 1 is 1.25 bits per heavy atom. The van der Waals surface area contributed by atoms with E-state index in [4.69, 9.17) is 4.74 Å². The van der Waals surface area contributed by atoms with Crippen LogP contribution in [0, 0.1) is 5.92 Å². The van der Waals surface area contributed by atoms with Crippen molar-refractivity contribution < 1.29 is 9.53 Å². The summed E-state index contributed by atoms with van der Waals surface area (Å²) in [5.74, 6) is 1.13. The van der Waals surface area contributed by atoms with Crippen LogP contribution in [0.15, 0.2) is 47.6 Å². The van der Waals surface area contributed by atoms with Crippen LogP contribution in [0.3, 0.4) is 0 Å². The molecule has 2 atom stereocenters. The summed E-state index contributed by atoms with van der Waals surface area (Å²) in [5, 5.41) is 6.53. The van der Waals surface area contributed by atoms with Gasteiger partial charge in [0, 0.05) is 5.71 Å². The lowest BCUT2D eigenvalue weighted by Gasteiger charge is -2.19. The fourth-order valence-corrected chi connectivity index (χ4v) is 3.09. The van der Waals surface area contributed by atoms with Crippen LogP contribution in [0.2, 0.25) is 0 Å². The number of nitrogens with one attached hydrogen (secondary N) is 1. The minimum absolute atomic E-state index is 0.214. The smallest absolute Gasteiger partial charge is 0.280 e. The fourth-order valence-electron chi connectivity index (χ4n) is 3.09. The van der Waals surface area contributed by atoms with Crippen LogP contribution < -0.4 is 10.2 Å². The van der Waals surface area contributed by atoms with Crippen molar-refractivity contribution in [1.82, 2.24) is 5.43 Å². The minimum atomic E-state index is -0.587. The molecule has 0 saturated heterocycles. The van der Waals surface area contributed by atoms with E-state index in [0.29, 0.717) is 11.7 Å². The zero-order valence-electron chi connectivity index (χ0n) is 14.3. The lowest BCUT2D eigenvalue weighted by Crippen LogP contribution is -2.34. The molecule has 2 aromatic carbocycles. The number of hydrogen-bond acceptors (Lipinski definition) is 3. The van der Waals surface area contributed by atoms with Gasteiger partial charge < -0.3 is 4.74 Å². The van der Waals surface area contributed by atoms with Gasteiger partial charge in [-0.25, -0.2) is 5.43 Å². The van der Waals surface area contributed by atoms with Crippen molar-refractivity contribution in [3.05, 3.63) is 42.5 Å². The van der Waals surface area contributed by atoms with Crippen LogP contribution >= 0.6 is 0 Å². The van der Waals surface area contributed by atoms with E-state index in [9.17, 15) is 4.79 Å². The predicted molar refractivity (Wildman–Crippen MR) is 97.2 cm³/mol. The molecule has 0 bridgehead atoms. The van der Waals surface area contributed by atoms with Gasteiger partial charge in [0.15, 0.2) is 6.10 Å². The SMILES string of the molecule is C[C@H]1CCC/C(=N/NC(=O)[C@H](C)Oc2ccc3ccccc3c2)C1. The summed E-state index contributed by atoms with van der Waals surface area (Å²) in [6.07, 6.45) is 3.76. The molecule has 4 heteroatoms. The van der Waals surface area contributed by atoms with Gasteiger partial charge in [-0.05, 0) is 61.4 Å². The number of amides is 1. The maximum atomic E-state index is 12.2. The van der Waals surface area contributed by atoms with E-state index in [2.05, 4.69) is 23.5 Å². The first kappa shape index (κ1) is 16.5. The zero-order chi connectivity index (χ0) is 16.9. The van der Waals surface area contributed by atoms with Crippen molar-refractivity contribution in [2.24, 2.45) is 11.0 Å². The Kier molecular flexibility index (Phi) is 5.14. The summed E-state index contributed by atoms with van der Waals surface area (Å²) in [6, 6.07) is 13.9. The van der Waals surface area contributed by atoms with Crippen LogP contribution in [0.25, 0.3) is 10.8 Å². The predicted octanol–water partition coefficient (Wildman–Crippen LogP) is 4.29. The third-order valence-corrected chi connectivity index (χ3v) is 4.47.